The molecule has 0 N–H and O–H groups in total. The van der Waals surface area contributed by atoms with Crippen LogP contribution in [0.4, 0.5) is 0 Å². The maximum atomic E-state index is 2.54. The highest BCUT2D eigenvalue weighted by Gasteiger charge is 2.51. The summed E-state index contributed by atoms with van der Waals surface area (Å²) in [4.78, 5) is 0. The van der Waals surface area contributed by atoms with Crippen molar-refractivity contribution >= 4 is 0 Å². The van der Waals surface area contributed by atoms with Crippen LogP contribution in [0.5, 0.6) is 0 Å². The highest BCUT2D eigenvalue weighted by atomic mass is 14.6. The first-order chi connectivity index (χ1) is 11.2. The van der Waals surface area contributed by atoms with E-state index in [1.807, 2.05) is 0 Å². The third kappa shape index (κ3) is 2.18. The molecule has 23 heavy (non-hydrogen) atoms. The second-order valence-corrected chi connectivity index (χ2v) is 8.59. The Morgan fingerprint density at radius 3 is 2.00 bits per heavy atom. The van der Waals surface area contributed by atoms with Gasteiger partial charge in [0.25, 0.3) is 0 Å². The van der Waals surface area contributed by atoms with Crippen molar-refractivity contribution in [2.45, 2.75) is 50.9 Å². The molecule has 0 heterocycles. The molecule has 0 aromatic heterocycles. The van der Waals surface area contributed by atoms with Crippen LogP contribution in [0.25, 0.3) is 11.1 Å². The Balaban J connectivity index is 1.59. The molecule has 0 amide bonds. The number of benzene rings is 2. The molecule has 118 valence electrons. The van der Waals surface area contributed by atoms with Crippen LogP contribution in [0.3, 0.4) is 0 Å². The fourth-order valence-electron chi connectivity index (χ4n) is 6.34. The summed E-state index contributed by atoms with van der Waals surface area (Å²) in [6.45, 7) is 2.26. The van der Waals surface area contributed by atoms with Crippen molar-refractivity contribution < 1.29 is 0 Å². The minimum absolute atomic E-state index is 0.506. The molecular formula is C23H26. The molecule has 0 atom stereocenters. The van der Waals surface area contributed by atoms with Crippen molar-refractivity contribution in [3.8, 4) is 11.1 Å². The summed E-state index contributed by atoms with van der Waals surface area (Å²) in [7, 11) is 0. The monoisotopic (exact) mass is 302 g/mol. The van der Waals surface area contributed by atoms with Crippen LogP contribution in [-0.2, 0) is 5.41 Å². The fraction of sp³-hybridized carbons (Fsp3) is 0.478. The van der Waals surface area contributed by atoms with Crippen LogP contribution in [-0.4, -0.2) is 0 Å². The van der Waals surface area contributed by atoms with E-state index in [0.29, 0.717) is 5.41 Å². The third-order valence-corrected chi connectivity index (χ3v) is 6.97. The molecule has 0 unspecified atom stereocenters. The van der Waals surface area contributed by atoms with Gasteiger partial charge >= 0.3 is 0 Å². The van der Waals surface area contributed by atoms with Crippen LogP contribution in [0, 0.1) is 24.7 Å². The van der Waals surface area contributed by atoms with Gasteiger partial charge in [0.1, 0.15) is 0 Å². The van der Waals surface area contributed by atoms with Crippen molar-refractivity contribution in [1.29, 1.82) is 0 Å². The van der Waals surface area contributed by atoms with Crippen LogP contribution in [0.15, 0.2) is 48.5 Å². The minimum atomic E-state index is 0.506. The van der Waals surface area contributed by atoms with Crippen molar-refractivity contribution in [3.05, 3.63) is 59.7 Å². The summed E-state index contributed by atoms with van der Waals surface area (Å²) in [5.41, 5.74) is 6.37. The zero-order chi connectivity index (χ0) is 15.4. The normalized spacial score (nSPS) is 34.7. The highest BCUT2D eigenvalue weighted by Crippen LogP contribution is 2.60. The van der Waals surface area contributed by atoms with E-state index in [9.17, 15) is 0 Å². The predicted octanol–water partition coefficient (Wildman–Crippen LogP) is 6.13. The van der Waals surface area contributed by atoms with E-state index in [-0.39, 0.29) is 0 Å². The molecule has 6 rings (SSSR count). The zero-order valence-electron chi connectivity index (χ0n) is 14.1. The SMILES string of the molecule is Cc1ccc(C23CC4CC(CC(C4)C2)C3)cc1-c1ccccc1. The first-order valence-electron chi connectivity index (χ1n) is 9.38. The van der Waals surface area contributed by atoms with Gasteiger partial charge in [0, 0.05) is 0 Å². The van der Waals surface area contributed by atoms with Gasteiger partial charge in [-0.25, -0.2) is 0 Å². The summed E-state index contributed by atoms with van der Waals surface area (Å²) in [5, 5.41) is 0. The molecule has 4 aliphatic rings. The maximum Gasteiger partial charge on any atom is -0.00388 e. The van der Waals surface area contributed by atoms with Gasteiger partial charge < -0.3 is 0 Å². The number of hydrogen-bond donors (Lipinski definition) is 0. The van der Waals surface area contributed by atoms with Gasteiger partial charge in [0.15, 0.2) is 0 Å². The Labute approximate surface area is 139 Å². The lowest BCUT2D eigenvalue weighted by atomic mass is 9.48. The van der Waals surface area contributed by atoms with Crippen LogP contribution in [0.1, 0.15) is 49.7 Å². The van der Waals surface area contributed by atoms with Gasteiger partial charge in [-0.1, -0.05) is 48.5 Å². The molecule has 0 heteroatoms. The van der Waals surface area contributed by atoms with Gasteiger partial charge in [-0.05, 0) is 90.9 Å². The van der Waals surface area contributed by atoms with E-state index in [1.165, 1.54) is 55.2 Å². The molecule has 4 saturated carbocycles. The van der Waals surface area contributed by atoms with Crippen molar-refractivity contribution in [3.63, 3.8) is 0 Å². The van der Waals surface area contributed by atoms with Gasteiger partial charge in [-0.2, -0.15) is 0 Å². The van der Waals surface area contributed by atoms with E-state index in [1.54, 1.807) is 5.56 Å². The second kappa shape index (κ2) is 4.97. The molecule has 2 aromatic carbocycles. The van der Waals surface area contributed by atoms with E-state index in [0.717, 1.165) is 17.8 Å². The molecule has 0 aliphatic heterocycles. The van der Waals surface area contributed by atoms with Crippen molar-refractivity contribution in [1.82, 2.24) is 0 Å². The van der Waals surface area contributed by atoms with E-state index < -0.39 is 0 Å². The molecule has 0 nitrogen and oxygen atoms in total. The molecule has 4 aliphatic carbocycles. The van der Waals surface area contributed by atoms with Gasteiger partial charge in [0.2, 0.25) is 0 Å². The fourth-order valence-corrected chi connectivity index (χ4v) is 6.34. The predicted molar refractivity (Wildman–Crippen MR) is 96.5 cm³/mol. The number of rotatable bonds is 2. The van der Waals surface area contributed by atoms with Crippen LogP contribution < -0.4 is 0 Å². The Morgan fingerprint density at radius 1 is 0.783 bits per heavy atom. The molecule has 0 spiro atoms. The van der Waals surface area contributed by atoms with Crippen LogP contribution >= 0.6 is 0 Å². The highest BCUT2D eigenvalue weighted by molar-refractivity contribution is 5.68. The van der Waals surface area contributed by atoms with Gasteiger partial charge in [-0.15, -0.1) is 0 Å². The lowest BCUT2D eigenvalue weighted by molar-refractivity contribution is -0.00517. The van der Waals surface area contributed by atoms with E-state index >= 15 is 0 Å². The third-order valence-electron chi connectivity index (χ3n) is 6.97. The summed E-state index contributed by atoms with van der Waals surface area (Å²) < 4.78 is 0. The smallest absolute Gasteiger partial charge is 0.00388 e. The Hall–Kier alpha value is -1.56. The summed E-state index contributed by atoms with van der Waals surface area (Å²) in [5.74, 6) is 3.05. The first-order valence-corrected chi connectivity index (χ1v) is 9.38. The largest absolute Gasteiger partial charge is 0.0622 e. The number of aryl methyl sites for hydroxylation is 1. The minimum Gasteiger partial charge on any atom is -0.0622 e. The molecule has 0 radical (unpaired) electrons. The Bertz CT molecular complexity index is 690. The van der Waals surface area contributed by atoms with Crippen molar-refractivity contribution in [2.75, 3.05) is 0 Å². The Kier molecular flexibility index (Phi) is 2.99. The summed E-state index contributed by atoms with van der Waals surface area (Å²) >= 11 is 0. The number of hydrogen-bond acceptors (Lipinski definition) is 0. The van der Waals surface area contributed by atoms with E-state index in [2.05, 4.69) is 55.5 Å². The van der Waals surface area contributed by atoms with Gasteiger partial charge in [-0.3, -0.25) is 0 Å². The zero-order valence-corrected chi connectivity index (χ0v) is 14.1. The standard InChI is InChI=1S/C23H26/c1-16-7-8-21(12-22(16)20-5-3-2-4-6-20)23-13-17-9-18(14-23)11-19(10-17)15-23/h2-8,12,17-19H,9-11,13-15H2,1H3. The average molecular weight is 302 g/mol. The van der Waals surface area contributed by atoms with Gasteiger partial charge in [0.05, 0.1) is 0 Å². The lowest BCUT2D eigenvalue weighted by Gasteiger charge is -2.57. The quantitative estimate of drug-likeness (QED) is 0.626. The summed E-state index contributed by atoms with van der Waals surface area (Å²) in [6, 6.07) is 18.3. The first kappa shape index (κ1) is 13.8. The molecule has 0 saturated heterocycles. The maximum absolute atomic E-state index is 2.54. The second-order valence-electron chi connectivity index (χ2n) is 8.59. The molecule has 4 fully saturated rings. The van der Waals surface area contributed by atoms with E-state index in [4.69, 9.17) is 0 Å². The average Bonchev–Trinajstić information content (AvgIpc) is 2.55. The van der Waals surface area contributed by atoms with Crippen molar-refractivity contribution in [2.24, 2.45) is 17.8 Å². The molecular weight excluding hydrogens is 276 g/mol. The lowest BCUT2D eigenvalue weighted by Crippen LogP contribution is -2.48. The topological polar surface area (TPSA) is 0 Å². The molecule has 2 aromatic rings. The Morgan fingerprint density at radius 2 is 1.39 bits per heavy atom. The molecule has 4 bridgehead atoms. The van der Waals surface area contributed by atoms with Crippen LogP contribution in [0.2, 0.25) is 0 Å². The summed E-state index contributed by atoms with van der Waals surface area (Å²) in [6.07, 6.45) is 8.94.